The minimum absolute atomic E-state index is 0.0584. The van der Waals surface area contributed by atoms with Crippen molar-refractivity contribution in [2.45, 2.75) is 11.8 Å². The molecule has 1 amide bonds. The van der Waals surface area contributed by atoms with E-state index in [1.807, 2.05) is 61.5 Å². The lowest BCUT2D eigenvalue weighted by atomic mass is 10.1. The highest BCUT2D eigenvalue weighted by Crippen LogP contribution is 2.15. The van der Waals surface area contributed by atoms with Gasteiger partial charge in [-0.15, -0.1) is 0 Å². The molecule has 3 heteroatoms. The first kappa shape index (κ1) is 11.7. The quantitative estimate of drug-likeness (QED) is 0.837. The van der Waals surface area contributed by atoms with Crippen LogP contribution in [0.25, 0.3) is 0 Å². The molecule has 0 fully saturated rings. The summed E-state index contributed by atoms with van der Waals surface area (Å²) in [6, 6.07) is 17.3. The molecule has 0 unspecified atom stereocenters. The summed E-state index contributed by atoms with van der Waals surface area (Å²) in [6.45, 7) is 1.93. The third-order valence-corrected chi connectivity index (χ3v) is 3.19. The van der Waals surface area contributed by atoms with E-state index in [1.165, 1.54) is 11.9 Å². The van der Waals surface area contributed by atoms with Gasteiger partial charge in [0.25, 0.3) is 5.91 Å². The standard InChI is InChI=1S/C14H13NOS/c1-11-7-5-6-10-13(11)14(16)15-17-12-8-3-2-4-9-12/h2-10H,1H3,(H,15,16). The third-order valence-electron chi connectivity index (χ3n) is 2.39. The lowest BCUT2D eigenvalue weighted by Gasteiger charge is -2.06. The fourth-order valence-electron chi connectivity index (χ4n) is 1.48. The molecule has 0 radical (unpaired) electrons. The Labute approximate surface area is 105 Å². The minimum atomic E-state index is -0.0584. The molecular formula is C14H13NOS. The molecule has 2 rings (SSSR count). The van der Waals surface area contributed by atoms with Gasteiger partial charge in [-0.05, 0) is 42.6 Å². The van der Waals surface area contributed by atoms with Crippen molar-refractivity contribution < 1.29 is 4.79 Å². The molecule has 17 heavy (non-hydrogen) atoms. The van der Waals surface area contributed by atoms with E-state index in [9.17, 15) is 4.79 Å². The molecule has 0 saturated heterocycles. The van der Waals surface area contributed by atoms with E-state index in [4.69, 9.17) is 0 Å². The van der Waals surface area contributed by atoms with Crippen molar-refractivity contribution in [3.8, 4) is 0 Å². The van der Waals surface area contributed by atoms with Crippen LogP contribution in [-0.2, 0) is 0 Å². The van der Waals surface area contributed by atoms with Crippen LogP contribution in [-0.4, -0.2) is 5.91 Å². The molecule has 0 aliphatic rings. The Kier molecular flexibility index (Phi) is 3.83. The number of rotatable bonds is 3. The summed E-state index contributed by atoms with van der Waals surface area (Å²) in [5.41, 5.74) is 1.70. The number of amides is 1. The van der Waals surface area contributed by atoms with Crippen LogP contribution >= 0.6 is 11.9 Å². The first-order valence-electron chi connectivity index (χ1n) is 5.35. The predicted octanol–water partition coefficient (Wildman–Crippen LogP) is 3.43. The maximum atomic E-state index is 11.9. The summed E-state index contributed by atoms with van der Waals surface area (Å²) in [6.07, 6.45) is 0. The fraction of sp³-hybridized carbons (Fsp3) is 0.0714. The summed E-state index contributed by atoms with van der Waals surface area (Å²) in [5, 5.41) is 0. The highest BCUT2D eigenvalue weighted by atomic mass is 32.2. The van der Waals surface area contributed by atoms with Crippen molar-refractivity contribution in [1.82, 2.24) is 4.72 Å². The average molecular weight is 243 g/mol. The van der Waals surface area contributed by atoms with Crippen molar-refractivity contribution in [3.63, 3.8) is 0 Å². The van der Waals surface area contributed by atoms with Crippen LogP contribution in [0.15, 0.2) is 59.5 Å². The molecule has 0 aromatic heterocycles. The van der Waals surface area contributed by atoms with E-state index in [0.717, 1.165) is 16.0 Å². The van der Waals surface area contributed by atoms with Crippen LogP contribution < -0.4 is 4.72 Å². The number of hydrogen-bond acceptors (Lipinski definition) is 2. The van der Waals surface area contributed by atoms with Crippen LogP contribution in [0, 0.1) is 6.92 Å². The van der Waals surface area contributed by atoms with Crippen molar-refractivity contribution in [1.29, 1.82) is 0 Å². The van der Waals surface area contributed by atoms with Crippen LogP contribution in [0.4, 0.5) is 0 Å². The zero-order valence-corrected chi connectivity index (χ0v) is 10.3. The van der Waals surface area contributed by atoms with E-state index in [-0.39, 0.29) is 5.91 Å². The van der Waals surface area contributed by atoms with Crippen LogP contribution in [0.5, 0.6) is 0 Å². The molecule has 86 valence electrons. The Bertz CT molecular complexity index is 511. The summed E-state index contributed by atoms with van der Waals surface area (Å²) in [5.74, 6) is -0.0584. The van der Waals surface area contributed by atoms with E-state index in [2.05, 4.69) is 4.72 Å². The molecule has 2 aromatic carbocycles. The van der Waals surface area contributed by atoms with Crippen LogP contribution in [0.1, 0.15) is 15.9 Å². The van der Waals surface area contributed by atoms with Gasteiger partial charge in [0.05, 0.1) is 0 Å². The number of nitrogens with one attached hydrogen (secondary N) is 1. The van der Waals surface area contributed by atoms with E-state index >= 15 is 0 Å². The second-order valence-electron chi connectivity index (χ2n) is 3.66. The van der Waals surface area contributed by atoms with Crippen molar-refractivity contribution in [2.24, 2.45) is 0 Å². The molecule has 0 aliphatic carbocycles. The molecule has 0 atom stereocenters. The molecule has 2 aromatic rings. The highest BCUT2D eigenvalue weighted by molar-refractivity contribution is 7.98. The molecule has 1 N–H and O–H groups in total. The zero-order valence-electron chi connectivity index (χ0n) is 9.51. The van der Waals surface area contributed by atoms with Gasteiger partial charge in [0.15, 0.2) is 0 Å². The maximum Gasteiger partial charge on any atom is 0.261 e. The van der Waals surface area contributed by atoms with Crippen molar-refractivity contribution >= 4 is 17.9 Å². The molecule has 0 aliphatic heterocycles. The number of hydrogen-bond donors (Lipinski definition) is 1. The second-order valence-corrected chi connectivity index (χ2v) is 4.54. The molecule has 0 bridgehead atoms. The van der Waals surface area contributed by atoms with Gasteiger partial charge in [-0.25, -0.2) is 0 Å². The lowest BCUT2D eigenvalue weighted by molar-refractivity contribution is 0.0984. The highest BCUT2D eigenvalue weighted by Gasteiger charge is 2.07. The second kappa shape index (κ2) is 5.55. The molecule has 0 heterocycles. The topological polar surface area (TPSA) is 29.1 Å². The Morgan fingerprint density at radius 1 is 1.00 bits per heavy atom. The molecular weight excluding hydrogens is 230 g/mol. The Morgan fingerprint density at radius 2 is 1.65 bits per heavy atom. The average Bonchev–Trinajstić information content (AvgIpc) is 2.38. The number of aryl methyl sites for hydroxylation is 1. The van der Waals surface area contributed by atoms with Gasteiger partial charge in [0.2, 0.25) is 0 Å². The number of carbonyl (C=O) groups excluding carboxylic acids is 1. The monoisotopic (exact) mass is 243 g/mol. The largest absolute Gasteiger partial charge is 0.292 e. The first-order chi connectivity index (χ1) is 8.27. The number of carbonyl (C=O) groups is 1. The van der Waals surface area contributed by atoms with Gasteiger partial charge in [-0.2, -0.15) is 0 Å². The summed E-state index contributed by atoms with van der Waals surface area (Å²) >= 11 is 1.33. The van der Waals surface area contributed by atoms with Crippen LogP contribution in [0.3, 0.4) is 0 Å². The Hall–Kier alpha value is -1.74. The summed E-state index contributed by atoms with van der Waals surface area (Å²) < 4.78 is 2.83. The Balaban J connectivity index is 2.01. The summed E-state index contributed by atoms with van der Waals surface area (Å²) in [4.78, 5) is 12.9. The van der Waals surface area contributed by atoms with Gasteiger partial charge >= 0.3 is 0 Å². The van der Waals surface area contributed by atoms with Gasteiger partial charge in [-0.1, -0.05) is 36.4 Å². The van der Waals surface area contributed by atoms with Gasteiger partial charge in [0.1, 0.15) is 0 Å². The van der Waals surface area contributed by atoms with E-state index in [0.29, 0.717) is 0 Å². The Morgan fingerprint density at radius 3 is 2.35 bits per heavy atom. The molecule has 2 nitrogen and oxygen atoms in total. The fourth-order valence-corrected chi connectivity index (χ4v) is 2.09. The van der Waals surface area contributed by atoms with Gasteiger partial charge in [0, 0.05) is 10.5 Å². The predicted molar refractivity (Wildman–Crippen MR) is 70.9 cm³/mol. The van der Waals surface area contributed by atoms with Crippen molar-refractivity contribution in [2.75, 3.05) is 0 Å². The van der Waals surface area contributed by atoms with E-state index in [1.54, 1.807) is 0 Å². The van der Waals surface area contributed by atoms with Crippen LogP contribution in [0.2, 0.25) is 0 Å². The third kappa shape index (κ3) is 3.11. The SMILES string of the molecule is Cc1ccccc1C(=O)NSc1ccccc1. The molecule has 0 saturated carbocycles. The number of benzene rings is 2. The minimum Gasteiger partial charge on any atom is -0.292 e. The smallest absolute Gasteiger partial charge is 0.261 e. The zero-order chi connectivity index (χ0) is 12.1. The van der Waals surface area contributed by atoms with Crippen molar-refractivity contribution in [3.05, 3.63) is 65.7 Å². The normalized spacial score (nSPS) is 9.94. The maximum absolute atomic E-state index is 11.9. The van der Waals surface area contributed by atoms with Gasteiger partial charge < -0.3 is 0 Å². The first-order valence-corrected chi connectivity index (χ1v) is 6.17. The van der Waals surface area contributed by atoms with Gasteiger partial charge in [-0.3, -0.25) is 9.52 Å². The lowest BCUT2D eigenvalue weighted by Crippen LogP contribution is -2.16. The summed E-state index contributed by atoms with van der Waals surface area (Å²) in [7, 11) is 0. The van der Waals surface area contributed by atoms with E-state index < -0.39 is 0 Å². The molecule has 0 spiro atoms.